The van der Waals surface area contributed by atoms with Gasteiger partial charge < -0.3 is 9.67 Å². The molecule has 0 radical (unpaired) electrons. The Hall–Kier alpha value is -2.62. The number of halogens is 1. The van der Waals surface area contributed by atoms with Crippen molar-refractivity contribution >= 4 is 16.9 Å². The Morgan fingerprint density at radius 2 is 1.92 bits per heavy atom. The van der Waals surface area contributed by atoms with E-state index in [-0.39, 0.29) is 18.2 Å². The highest BCUT2D eigenvalue weighted by Gasteiger charge is 2.22. The molecule has 2 aromatic carbocycles. The first-order chi connectivity index (χ1) is 11.4. The summed E-state index contributed by atoms with van der Waals surface area (Å²) >= 11 is 0. The van der Waals surface area contributed by atoms with Gasteiger partial charge in [0.25, 0.3) is 0 Å². The van der Waals surface area contributed by atoms with Crippen molar-refractivity contribution in [2.24, 2.45) is 0 Å². The summed E-state index contributed by atoms with van der Waals surface area (Å²) in [5.74, 6) is -0.959. The van der Waals surface area contributed by atoms with Crippen LogP contribution in [0.15, 0.2) is 42.5 Å². The molecule has 0 aliphatic rings. The summed E-state index contributed by atoms with van der Waals surface area (Å²) in [6.45, 7) is 5.83. The maximum Gasteiger partial charge on any atom is 0.307 e. The van der Waals surface area contributed by atoms with Crippen molar-refractivity contribution in [3.05, 3.63) is 65.1 Å². The first-order valence-electron chi connectivity index (χ1n) is 8.00. The van der Waals surface area contributed by atoms with Crippen LogP contribution in [0.4, 0.5) is 4.39 Å². The van der Waals surface area contributed by atoms with E-state index in [0.29, 0.717) is 5.56 Å². The molecule has 0 atom stereocenters. The second-order valence-electron chi connectivity index (χ2n) is 6.38. The van der Waals surface area contributed by atoms with Crippen molar-refractivity contribution in [2.75, 3.05) is 0 Å². The number of para-hydroxylation sites is 1. The van der Waals surface area contributed by atoms with Crippen molar-refractivity contribution in [1.82, 2.24) is 4.57 Å². The molecule has 4 heteroatoms. The quantitative estimate of drug-likeness (QED) is 0.746. The lowest BCUT2D eigenvalue weighted by Gasteiger charge is -2.16. The lowest BCUT2D eigenvalue weighted by molar-refractivity contribution is -0.136. The predicted molar refractivity (Wildman–Crippen MR) is 93.4 cm³/mol. The summed E-state index contributed by atoms with van der Waals surface area (Å²) in [7, 11) is 0. The molecule has 0 amide bonds. The highest BCUT2D eigenvalue weighted by molar-refractivity contribution is 5.90. The fourth-order valence-corrected chi connectivity index (χ4v) is 3.32. The van der Waals surface area contributed by atoms with E-state index in [1.54, 1.807) is 19.1 Å². The van der Waals surface area contributed by atoms with Crippen LogP contribution in [-0.4, -0.2) is 15.6 Å². The first-order valence-corrected chi connectivity index (χ1v) is 8.00. The number of aromatic nitrogens is 1. The third-order valence-corrected chi connectivity index (χ3v) is 4.29. The molecule has 0 unspecified atom stereocenters. The van der Waals surface area contributed by atoms with E-state index in [0.717, 1.165) is 27.8 Å². The van der Waals surface area contributed by atoms with Gasteiger partial charge >= 0.3 is 5.97 Å². The molecule has 124 valence electrons. The monoisotopic (exact) mass is 325 g/mol. The summed E-state index contributed by atoms with van der Waals surface area (Å²) in [6, 6.07) is 12.8. The summed E-state index contributed by atoms with van der Waals surface area (Å²) in [4.78, 5) is 11.4. The topological polar surface area (TPSA) is 42.2 Å². The van der Waals surface area contributed by atoms with Gasteiger partial charge in [0, 0.05) is 16.8 Å². The lowest BCUT2D eigenvalue weighted by Crippen LogP contribution is -2.08. The largest absolute Gasteiger partial charge is 0.481 e. The van der Waals surface area contributed by atoms with Crippen LogP contribution in [0.3, 0.4) is 0 Å². The Bertz CT molecular complexity index is 925. The number of carboxylic acids is 1. The zero-order valence-electron chi connectivity index (χ0n) is 14.0. The third kappa shape index (κ3) is 2.68. The number of aliphatic carboxylic acids is 1. The van der Waals surface area contributed by atoms with E-state index < -0.39 is 5.97 Å². The van der Waals surface area contributed by atoms with Crippen LogP contribution in [0.25, 0.3) is 16.6 Å². The smallest absolute Gasteiger partial charge is 0.307 e. The minimum Gasteiger partial charge on any atom is -0.481 e. The van der Waals surface area contributed by atoms with Crippen molar-refractivity contribution in [3.63, 3.8) is 0 Å². The van der Waals surface area contributed by atoms with E-state index in [4.69, 9.17) is 0 Å². The van der Waals surface area contributed by atoms with Gasteiger partial charge in [0.15, 0.2) is 0 Å². The van der Waals surface area contributed by atoms with Crippen molar-refractivity contribution < 1.29 is 14.3 Å². The van der Waals surface area contributed by atoms with Crippen LogP contribution in [-0.2, 0) is 11.2 Å². The average Bonchev–Trinajstić information content (AvgIpc) is 2.84. The number of rotatable bonds is 4. The average molecular weight is 325 g/mol. The molecule has 24 heavy (non-hydrogen) atoms. The van der Waals surface area contributed by atoms with E-state index in [1.807, 2.05) is 38.1 Å². The third-order valence-electron chi connectivity index (χ3n) is 4.29. The van der Waals surface area contributed by atoms with Crippen LogP contribution >= 0.6 is 0 Å². The van der Waals surface area contributed by atoms with Gasteiger partial charge in [-0.25, -0.2) is 4.39 Å². The minimum atomic E-state index is -0.852. The van der Waals surface area contributed by atoms with Crippen LogP contribution in [0, 0.1) is 12.7 Å². The molecular formula is C20H20FNO2. The van der Waals surface area contributed by atoms with Gasteiger partial charge in [0.1, 0.15) is 5.82 Å². The van der Waals surface area contributed by atoms with Crippen LogP contribution < -0.4 is 0 Å². The maximum absolute atomic E-state index is 13.7. The van der Waals surface area contributed by atoms with E-state index in [2.05, 4.69) is 4.57 Å². The van der Waals surface area contributed by atoms with Gasteiger partial charge in [-0.1, -0.05) is 32.0 Å². The van der Waals surface area contributed by atoms with Gasteiger partial charge in [-0.2, -0.15) is 0 Å². The molecule has 0 saturated heterocycles. The number of hydrogen-bond acceptors (Lipinski definition) is 1. The highest BCUT2D eigenvalue weighted by Crippen LogP contribution is 2.34. The molecule has 0 saturated carbocycles. The van der Waals surface area contributed by atoms with Crippen molar-refractivity contribution in [3.8, 4) is 5.69 Å². The standard InChI is InChI=1S/C20H20FNO2/c1-12(2)20-16(11-19(23)24)15-6-4-5-7-18(15)22(20)14-8-9-17(21)13(3)10-14/h4-10,12H,11H2,1-3H3,(H,23,24). The SMILES string of the molecule is Cc1cc(-n2c(C(C)C)c(CC(=O)O)c3ccccc32)ccc1F. The number of aryl methyl sites for hydroxylation is 1. The fourth-order valence-electron chi connectivity index (χ4n) is 3.32. The molecule has 0 bridgehead atoms. The van der Waals surface area contributed by atoms with Crippen LogP contribution in [0.5, 0.6) is 0 Å². The Morgan fingerprint density at radius 3 is 2.54 bits per heavy atom. The molecule has 0 aliphatic heterocycles. The number of carboxylic acid groups (broad SMARTS) is 1. The number of benzene rings is 2. The Kier molecular flexibility index (Phi) is 4.14. The zero-order chi connectivity index (χ0) is 17.4. The number of nitrogens with zero attached hydrogens (tertiary/aromatic N) is 1. The molecule has 3 nitrogen and oxygen atoms in total. The molecule has 1 N–H and O–H groups in total. The zero-order valence-corrected chi connectivity index (χ0v) is 14.0. The molecule has 0 fully saturated rings. The van der Waals surface area contributed by atoms with Crippen molar-refractivity contribution in [2.45, 2.75) is 33.1 Å². The number of carbonyl (C=O) groups is 1. The van der Waals surface area contributed by atoms with Crippen LogP contribution in [0.1, 0.15) is 36.6 Å². The van der Waals surface area contributed by atoms with Gasteiger partial charge in [0.05, 0.1) is 11.9 Å². The predicted octanol–water partition coefficient (Wildman–Crippen LogP) is 4.83. The highest BCUT2D eigenvalue weighted by atomic mass is 19.1. The first kappa shape index (κ1) is 16.2. The molecular weight excluding hydrogens is 305 g/mol. The Labute approximate surface area is 140 Å². The second-order valence-corrected chi connectivity index (χ2v) is 6.38. The molecule has 0 aliphatic carbocycles. The fraction of sp³-hybridized carbons (Fsp3) is 0.250. The summed E-state index contributed by atoms with van der Waals surface area (Å²) in [5, 5.41) is 10.3. The van der Waals surface area contributed by atoms with E-state index in [9.17, 15) is 14.3 Å². The van der Waals surface area contributed by atoms with Crippen LogP contribution in [0.2, 0.25) is 0 Å². The maximum atomic E-state index is 13.7. The van der Waals surface area contributed by atoms with Gasteiger partial charge in [0.2, 0.25) is 0 Å². The van der Waals surface area contributed by atoms with Crippen molar-refractivity contribution in [1.29, 1.82) is 0 Å². The Balaban J connectivity index is 2.39. The minimum absolute atomic E-state index is 0.0266. The Morgan fingerprint density at radius 1 is 1.21 bits per heavy atom. The molecule has 3 rings (SSSR count). The molecule has 0 spiro atoms. The molecule has 3 aromatic rings. The van der Waals surface area contributed by atoms with E-state index in [1.165, 1.54) is 6.07 Å². The summed E-state index contributed by atoms with van der Waals surface area (Å²) in [6.07, 6.45) is -0.0266. The number of fused-ring (bicyclic) bond motifs is 1. The van der Waals surface area contributed by atoms with Gasteiger partial charge in [-0.3, -0.25) is 4.79 Å². The molecule has 1 heterocycles. The lowest BCUT2D eigenvalue weighted by atomic mass is 10.0. The van der Waals surface area contributed by atoms with Gasteiger partial charge in [-0.05, 0) is 48.2 Å². The second kappa shape index (κ2) is 6.11. The molecule has 1 aromatic heterocycles. The number of hydrogen-bond donors (Lipinski definition) is 1. The van der Waals surface area contributed by atoms with E-state index >= 15 is 0 Å². The summed E-state index contributed by atoms with van der Waals surface area (Å²) in [5.41, 5.74) is 4.16. The summed E-state index contributed by atoms with van der Waals surface area (Å²) < 4.78 is 15.7. The normalized spacial score (nSPS) is 11.4. The van der Waals surface area contributed by atoms with Gasteiger partial charge in [-0.15, -0.1) is 0 Å².